The lowest BCUT2D eigenvalue weighted by atomic mass is 10.1. The Balaban J connectivity index is 2.48. The number of anilines is 1. The maximum Gasteiger partial charge on any atom is 0.355 e. The predicted octanol–water partition coefficient (Wildman–Crippen LogP) is 0.715. The number of thiocarbonyl (C=S) groups is 1. The molecular formula is C15H16N2O5S. The van der Waals surface area contributed by atoms with Gasteiger partial charge in [0.2, 0.25) is 0 Å². The van der Waals surface area contributed by atoms with Crippen molar-refractivity contribution in [2.75, 3.05) is 32.5 Å². The number of carbonyl (C=O) groups is 2. The van der Waals surface area contributed by atoms with Gasteiger partial charge in [-0.25, -0.2) is 9.59 Å². The Morgan fingerprint density at radius 1 is 1.17 bits per heavy atom. The largest absolute Gasteiger partial charge is 0.466 e. The van der Waals surface area contributed by atoms with Crippen LogP contribution < -0.4 is 10.6 Å². The smallest absolute Gasteiger partial charge is 0.355 e. The highest BCUT2D eigenvalue weighted by Crippen LogP contribution is 2.26. The zero-order valence-corrected chi connectivity index (χ0v) is 13.5. The lowest BCUT2D eigenvalue weighted by molar-refractivity contribution is -0.140. The maximum absolute atomic E-state index is 12.1. The number of carbonyl (C=O) groups excluding carboxylic acids is 2. The highest BCUT2D eigenvalue weighted by molar-refractivity contribution is 7.80. The fourth-order valence-corrected chi connectivity index (χ4v) is 2.29. The molecule has 0 radical (unpaired) electrons. The molecule has 0 unspecified atom stereocenters. The van der Waals surface area contributed by atoms with Crippen LogP contribution in [0.5, 0.6) is 0 Å². The topological polar surface area (TPSA) is 91.1 Å². The molecule has 7 nitrogen and oxygen atoms in total. The van der Waals surface area contributed by atoms with E-state index >= 15 is 0 Å². The first kappa shape index (κ1) is 16.9. The van der Waals surface area contributed by atoms with Crippen molar-refractivity contribution in [1.29, 1.82) is 0 Å². The highest BCUT2D eigenvalue weighted by atomic mass is 32.1. The van der Waals surface area contributed by atoms with E-state index in [1.54, 1.807) is 24.3 Å². The minimum atomic E-state index is -0.646. The summed E-state index contributed by atoms with van der Waals surface area (Å²) in [4.78, 5) is 25.8. The molecule has 2 rings (SSSR count). The molecule has 0 saturated carbocycles. The Bertz CT molecular complexity index is 669. The van der Waals surface area contributed by atoms with E-state index < -0.39 is 11.9 Å². The number of benzene rings is 1. The summed E-state index contributed by atoms with van der Waals surface area (Å²) in [5.74, 6) is -1.29. The van der Waals surface area contributed by atoms with Gasteiger partial charge in [0, 0.05) is 11.3 Å². The number of hydrogen-bond acceptors (Lipinski definition) is 7. The third-order valence-corrected chi connectivity index (χ3v) is 3.53. The van der Waals surface area contributed by atoms with Gasteiger partial charge in [-0.1, -0.05) is 12.2 Å². The molecule has 1 heterocycles. The first-order chi connectivity index (χ1) is 11.0. The normalized spacial score (nSPS) is 14.4. The van der Waals surface area contributed by atoms with Crippen LogP contribution in [0.25, 0.3) is 0 Å². The fourth-order valence-electron chi connectivity index (χ4n) is 2.15. The number of esters is 2. The van der Waals surface area contributed by atoms with E-state index in [0.29, 0.717) is 11.3 Å². The molecule has 1 aliphatic heterocycles. The summed E-state index contributed by atoms with van der Waals surface area (Å²) >= 11 is 4.91. The molecule has 0 bridgehead atoms. The minimum Gasteiger partial charge on any atom is -0.466 e. The van der Waals surface area contributed by atoms with Crippen LogP contribution >= 0.6 is 12.2 Å². The second-order valence-corrected chi connectivity index (χ2v) is 5.07. The van der Waals surface area contributed by atoms with E-state index in [4.69, 9.17) is 32.2 Å². The zero-order valence-electron chi connectivity index (χ0n) is 12.7. The van der Waals surface area contributed by atoms with Crippen LogP contribution in [0.1, 0.15) is 5.56 Å². The van der Waals surface area contributed by atoms with Crippen molar-refractivity contribution in [3.8, 4) is 0 Å². The second kappa shape index (κ2) is 7.21. The van der Waals surface area contributed by atoms with Crippen LogP contribution in [0.15, 0.2) is 35.5 Å². The SMILES string of the molecule is COC(=O)C1=C(C(=O)OC)N(c2ccc(C(N)=S)cc2)COC1. The van der Waals surface area contributed by atoms with Gasteiger partial charge in [-0.2, -0.15) is 0 Å². The summed E-state index contributed by atoms with van der Waals surface area (Å²) in [7, 11) is 2.48. The fraction of sp³-hybridized carbons (Fsp3) is 0.267. The minimum absolute atomic E-state index is 0.0292. The molecule has 23 heavy (non-hydrogen) atoms. The van der Waals surface area contributed by atoms with Gasteiger partial charge >= 0.3 is 11.9 Å². The Morgan fingerprint density at radius 2 is 1.78 bits per heavy atom. The van der Waals surface area contributed by atoms with Crippen molar-refractivity contribution >= 4 is 34.8 Å². The lowest BCUT2D eigenvalue weighted by Crippen LogP contribution is -2.38. The molecule has 0 aromatic heterocycles. The van der Waals surface area contributed by atoms with E-state index in [1.807, 2.05) is 0 Å². The van der Waals surface area contributed by atoms with Crippen LogP contribution in [0, 0.1) is 0 Å². The van der Waals surface area contributed by atoms with E-state index in [9.17, 15) is 9.59 Å². The van der Waals surface area contributed by atoms with Crippen LogP contribution in [0.3, 0.4) is 0 Å². The zero-order chi connectivity index (χ0) is 17.0. The standard InChI is InChI=1S/C15H16N2O5S/c1-20-14(18)11-7-22-8-17(12(11)15(19)21-2)10-5-3-9(4-6-10)13(16)23/h3-6H,7-8H2,1-2H3,(H2,16,23). The lowest BCUT2D eigenvalue weighted by Gasteiger charge is -2.31. The number of rotatable bonds is 4. The number of methoxy groups -OCH3 is 2. The average Bonchev–Trinajstić information content (AvgIpc) is 2.59. The molecule has 0 fully saturated rings. The Kier molecular flexibility index (Phi) is 5.30. The Labute approximate surface area is 138 Å². The first-order valence-corrected chi connectivity index (χ1v) is 7.05. The molecule has 2 N–H and O–H groups in total. The summed E-state index contributed by atoms with van der Waals surface area (Å²) in [6, 6.07) is 6.89. The summed E-state index contributed by atoms with van der Waals surface area (Å²) in [6.07, 6.45) is 0. The van der Waals surface area contributed by atoms with Gasteiger partial charge in [-0.05, 0) is 24.3 Å². The van der Waals surface area contributed by atoms with Crippen molar-refractivity contribution in [3.05, 3.63) is 41.1 Å². The number of nitrogens with two attached hydrogens (primary N) is 1. The molecule has 0 aliphatic carbocycles. The van der Waals surface area contributed by atoms with Crippen molar-refractivity contribution in [2.45, 2.75) is 0 Å². The van der Waals surface area contributed by atoms with E-state index in [0.717, 1.165) is 0 Å². The van der Waals surface area contributed by atoms with Gasteiger partial charge in [0.25, 0.3) is 0 Å². The van der Waals surface area contributed by atoms with Gasteiger partial charge in [-0.15, -0.1) is 0 Å². The van der Waals surface area contributed by atoms with E-state index in [2.05, 4.69) is 0 Å². The molecular weight excluding hydrogens is 320 g/mol. The summed E-state index contributed by atoms with van der Waals surface area (Å²) < 4.78 is 14.9. The van der Waals surface area contributed by atoms with Crippen molar-refractivity contribution in [1.82, 2.24) is 0 Å². The van der Waals surface area contributed by atoms with Gasteiger partial charge in [0.05, 0.1) is 26.4 Å². The summed E-state index contributed by atoms with van der Waals surface area (Å²) in [5, 5.41) is 0. The van der Waals surface area contributed by atoms with Gasteiger partial charge in [0.1, 0.15) is 17.4 Å². The van der Waals surface area contributed by atoms with Gasteiger partial charge in [0.15, 0.2) is 0 Å². The molecule has 8 heteroatoms. The molecule has 1 aromatic rings. The quantitative estimate of drug-likeness (QED) is 0.635. The van der Waals surface area contributed by atoms with Crippen molar-refractivity contribution in [2.24, 2.45) is 5.73 Å². The molecule has 0 amide bonds. The molecule has 0 saturated heterocycles. The average molecular weight is 336 g/mol. The number of nitrogens with zero attached hydrogens (tertiary/aromatic N) is 1. The maximum atomic E-state index is 12.1. The first-order valence-electron chi connectivity index (χ1n) is 6.64. The van der Waals surface area contributed by atoms with Gasteiger partial charge < -0.3 is 24.8 Å². The number of ether oxygens (including phenoxy) is 3. The Morgan fingerprint density at radius 3 is 2.30 bits per heavy atom. The predicted molar refractivity (Wildman–Crippen MR) is 86.7 cm³/mol. The monoisotopic (exact) mass is 336 g/mol. The van der Waals surface area contributed by atoms with Crippen LogP contribution in [-0.4, -0.2) is 44.5 Å². The molecule has 1 aromatic carbocycles. The third kappa shape index (κ3) is 3.49. The molecule has 0 atom stereocenters. The summed E-state index contributed by atoms with van der Waals surface area (Å²) in [6.45, 7) is 0.0654. The molecule has 1 aliphatic rings. The van der Waals surface area contributed by atoms with Crippen LogP contribution in [-0.2, 0) is 23.8 Å². The molecule has 0 spiro atoms. The second-order valence-electron chi connectivity index (χ2n) is 4.63. The van der Waals surface area contributed by atoms with Crippen molar-refractivity contribution in [3.63, 3.8) is 0 Å². The van der Waals surface area contributed by atoms with Crippen LogP contribution in [0.2, 0.25) is 0 Å². The van der Waals surface area contributed by atoms with Gasteiger partial charge in [-0.3, -0.25) is 0 Å². The van der Waals surface area contributed by atoms with E-state index in [-0.39, 0.29) is 29.6 Å². The van der Waals surface area contributed by atoms with Crippen molar-refractivity contribution < 1.29 is 23.8 Å². The highest BCUT2D eigenvalue weighted by Gasteiger charge is 2.32. The molecule has 122 valence electrons. The summed E-state index contributed by atoms with van der Waals surface area (Å²) in [5.41, 5.74) is 7.08. The Hall–Kier alpha value is -2.45. The van der Waals surface area contributed by atoms with Crippen LogP contribution in [0.4, 0.5) is 5.69 Å². The van der Waals surface area contributed by atoms with E-state index in [1.165, 1.54) is 19.1 Å². The third-order valence-electron chi connectivity index (χ3n) is 3.30. The number of hydrogen-bond donors (Lipinski definition) is 1.